The number of benzene rings is 8. The van der Waals surface area contributed by atoms with Crippen LogP contribution in [0, 0.1) is 11.5 Å². The predicted molar refractivity (Wildman–Crippen MR) is 441 cm³/mol. The van der Waals surface area contributed by atoms with Gasteiger partial charge in [0.15, 0.2) is 0 Å². The summed E-state index contributed by atoms with van der Waals surface area (Å²) in [5.41, 5.74) is 29.6. The highest BCUT2D eigenvalue weighted by Gasteiger charge is 2.29. The quantitative estimate of drug-likeness (QED) is 0.130. The highest BCUT2D eigenvalue weighted by molar-refractivity contribution is 7.25. The number of aromatic amines is 2. The first-order chi connectivity index (χ1) is 45.1. The second-order valence-corrected chi connectivity index (χ2v) is 45.1. The molecule has 0 radical (unpaired) electrons. The number of fused-ring (bicyclic) bond motifs is 10. The third-order valence-electron chi connectivity index (χ3n) is 20.6. The molecule has 0 aliphatic carbocycles. The largest absolute Gasteiger partial charge is 0.353 e. The predicted octanol–water partition coefficient (Wildman–Crippen LogP) is 28.5. The average molecular weight is 1340 g/mol. The SMILES string of the molecule is CC(C)(C)c1cc(-c2cc3c4ccc(s4)c4cc(-c5cc(C(C)(C)C)cc(C(C)(C)C)c5)cc5c6cc(-c7cc(C(C)(C)C)cc(C(C)(C)C)c7)cc(c7sc(cc7C#C[Si](C)(C)C)c7cc(-c8cc(C(C)(C)C)cc(C(C)(C)C)c8)cc8c(c2)c3[nH]c78)c6[nH]c45)cc(C(C)(C)C)c1. The topological polar surface area (TPSA) is 31.6 Å². The lowest BCUT2D eigenvalue weighted by Gasteiger charge is -2.26. The third kappa shape index (κ3) is 13.1. The van der Waals surface area contributed by atoms with Crippen molar-refractivity contribution in [1.29, 1.82) is 0 Å². The molecule has 13 aromatic rings. The van der Waals surface area contributed by atoms with Crippen molar-refractivity contribution in [2.75, 3.05) is 0 Å². The zero-order valence-electron chi connectivity index (χ0n) is 64.1. The summed E-state index contributed by atoms with van der Waals surface area (Å²) in [7, 11) is -1.92. The molecule has 0 amide bonds. The Morgan fingerprint density at radius 2 is 0.480 bits per heavy atom. The van der Waals surface area contributed by atoms with Crippen LogP contribution in [0.5, 0.6) is 0 Å². The highest BCUT2D eigenvalue weighted by Crippen LogP contribution is 2.49. The molecule has 8 aromatic carbocycles. The molecule has 2 nitrogen and oxygen atoms in total. The van der Waals surface area contributed by atoms with E-state index in [1.54, 1.807) is 0 Å². The number of thiophene rings is 2. The molecule has 5 aromatic heterocycles. The summed E-state index contributed by atoms with van der Waals surface area (Å²) >= 11 is 3.82. The Labute approximate surface area is 595 Å². The van der Waals surface area contributed by atoms with Crippen molar-refractivity contribution in [2.24, 2.45) is 0 Å². The summed E-state index contributed by atoms with van der Waals surface area (Å²) in [5, 5.41) is 9.64. The molecular formula is C93H106N2S2Si. The molecule has 0 saturated heterocycles. The summed E-state index contributed by atoms with van der Waals surface area (Å²) < 4.78 is 4.82. The maximum atomic E-state index is 4.33. The van der Waals surface area contributed by atoms with Gasteiger partial charge in [0, 0.05) is 62.8 Å². The molecule has 0 saturated carbocycles. The van der Waals surface area contributed by atoms with Crippen LogP contribution in [-0.4, -0.2) is 18.0 Å². The van der Waals surface area contributed by atoms with Crippen LogP contribution in [0.15, 0.2) is 140 Å². The van der Waals surface area contributed by atoms with Crippen molar-refractivity contribution >= 4 is 115 Å². The van der Waals surface area contributed by atoms with Gasteiger partial charge in [0.05, 0.1) is 26.8 Å². The van der Waals surface area contributed by atoms with E-state index in [4.69, 9.17) is 0 Å². The van der Waals surface area contributed by atoms with E-state index >= 15 is 0 Å². The van der Waals surface area contributed by atoms with E-state index in [0.29, 0.717) is 0 Å². The number of aromatic nitrogens is 2. The Morgan fingerprint density at radius 1 is 0.255 bits per heavy atom. The van der Waals surface area contributed by atoms with Gasteiger partial charge in [-0.2, -0.15) is 0 Å². The lowest BCUT2D eigenvalue weighted by molar-refractivity contribution is 0.568. The van der Waals surface area contributed by atoms with Crippen LogP contribution in [0.2, 0.25) is 19.6 Å². The van der Waals surface area contributed by atoms with Crippen LogP contribution in [0.3, 0.4) is 0 Å². The molecule has 0 unspecified atom stereocenters. The molecule has 0 fully saturated rings. The van der Waals surface area contributed by atoms with Crippen molar-refractivity contribution in [1.82, 2.24) is 9.97 Å². The monoisotopic (exact) mass is 1340 g/mol. The van der Waals surface area contributed by atoms with Gasteiger partial charge in [-0.05, 0) is 199 Å². The fraction of sp³-hybridized carbons (Fsp3) is 0.376. The minimum absolute atomic E-state index is 0.0644. The maximum Gasteiger partial charge on any atom is 0.129 e. The lowest BCUT2D eigenvalue weighted by Crippen LogP contribution is -2.16. The van der Waals surface area contributed by atoms with E-state index in [2.05, 4.69) is 347 Å². The van der Waals surface area contributed by atoms with Crippen molar-refractivity contribution in [2.45, 2.75) is 229 Å². The molecular weight excluding hydrogens is 1240 g/mol. The van der Waals surface area contributed by atoms with E-state index in [9.17, 15) is 0 Å². The Balaban J connectivity index is 1.30. The summed E-state index contributed by atoms with van der Waals surface area (Å²) in [4.78, 5) is 8.65. The summed E-state index contributed by atoms with van der Waals surface area (Å²) in [6.07, 6.45) is 0. The van der Waals surface area contributed by atoms with Gasteiger partial charge in [-0.15, -0.1) is 28.2 Å². The van der Waals surface area contributed by atoms with Crippen molar-refractivity contribution in [3.8, 4) is 56.0 Å². The van der Waals surface area contributed by atoms with Gasteiger partial charge < -0.3 is 9.97 Å². The Bertz CT molecular complexity index is 5420. The number of rotatable bonds is 4. The average Bonchev–Trinajstić information content (AvgIpc) is 1.56. The van der Waals surface area contributed by atoms with Gasteiger partial charge in [0.2, 0.25) is 0 Å². The zero-order valence-corrected chi connectivity index (χ0v) is 66.7. The molecule has 5 heterocycles. The van der Waals surface area contributed by atoms with E-state index in [-0.39, 0.29) is 43.3 Å². The minimum atomic E-state index is -1.92. The lowest BCUT2D eigenvalue weighted by atomic mass is 9.78. The maximum absolute atomic E-state index is 4.33. The van der Waals surface area contributed by atoms with Crippen LogP contribution < -0.4 is 0 Å². The van der Waals surface area contributed by atoms with Gasteiger partial charge in [-0.3, -0.25) is 0 Å². The van der Waals surface area contributed by atoms with Crippen molar-refractivity contribution in [3.63, 3.8) is 0 Å². The second kappa shape index (κ2) is 23.0. The fourth-order valence-electron chi connectivity index (χ4n) is 14.0. The molecule has 0 spiro atoms. The van der Waals surface area contributed by atoms with Crippen molar-refractivity contribution < 1.29 is 0 Å². The number of nitrogens with one attached hydrogen (secondary N) is 2. The zero-order chi connectivity index (χ0) is 71.1. The van der Waals surface area contributed by atoms with Gasteiger partial charge in [0.25, 0.3) is 0 Å². The Hall–Kier alpha value is -7.46. The van der Waals surface area contributed by atoms with E-state index in [1.165, 1.54) is 151 Å². The minimum Gasteiger partial charge on any atom is -0.353 e. The van der Waals surface area contributed by atoms with E-state index in [1.807, 2.05) is 22.7 Å². The van der Waals surface area contributed by atoms with Crippen molar-refractivity contribution in [3.05, 3.63) is 190 Å². The van der Waals surface area contributed by atoms with Gasteiger partial charge in [0.1, 0.15) is 8.07 Å². The Morgan fingerprint density at radius 3 is 0.735 bits per heavy atom. The first-order valence-corrected chi connectivity index (χ1v) is 41.0. The van der Waals surface area contributed by atoms with Gasteiger partial charge in [-0.25, -0.2) is 0 Å². The summed E-state index contributed by atoms with van der Waals surface area (Å²) in [5.74, 6) is 3.99. The van der Waals surface area contributed by atoms with Crippen LogP contribution >= 0.6 is 22.7 Å². The second-order valence-electron chi connectivity index (χ2n) is 38.2. The van der Waals surface area contributed by atoms with Crippen LogP contribution in [0.1, 0.15) is 216 Å². The summed E-state index contributed by atoms with van der Waals surface area (Å²) in [6.45, 7) is 63.7. The smallest absolute Gasteiger partial charge is 0.129 e. The first-order valence-electron chi connectivity index (χ1n) is 35.9. The fourth-order valence-corrected chi connectivity index (χ4v) is 16.7. The Kier molecular flexibility index (Phi) is 16.2. The number of hydrogen-bond acceptors (Lipinski definition) is 2. The third-order valence-corrected chi connectivity index (χ3v) is 23.8. The molecule has 13 rings (SSSR count). The normalized spacial score (nSPS) is 13.6. The molecule has 0 aliphatic rings. The van der Waals surface area contributed by atoms with Gasteiger partial charge in [-0.1, -0.05) is 265 Å². The molecule has 2 N–H and O–H groups in total. The molecule has 5 heteroatoms. The molecule has 0 aliphatic heterocycles. The first kappa shape index (κ1) is 69.0. The van der Waals surface area contributed by atoms with Crippen LogP contribution in [0.4, 0.5) is 0 Å². The van der Waals surface area contributed by atoms with E-state index < -0.39 is 8.07 Å². The number of H-pyrrole nitrogens is 2. The molecule has 8 bridgehead atoms. The standard InChI is InChI=1S/C93H106N2S2Si/c1-86(2,3)62-32-54(33-63(49-62)87(4,5)6)58-40-70-71-42-60(56-36-66(90(13,14)15)51-67(37-56)91(16,17)18)46-76-80-48-53(30-31-98(25,26)27)85(97-80)77-47-61(57-38-68(92(19,20)21)52-69(39-57)93(22,23)24)43-73-72-41-59(55-34-64(88(7,8)9)50-65(35-55)89(10,11)12)45-75(82(72)95-84(73)77)79-29-28-78(96-79)74(44-58)81(70)94-83(71)76/h28-29,32-52,94-95H,1-27H3. The molecule has 98 heavy (non-hydrogen) atoms. The van der Waals surface area contributed by atoms with Gasteiger partial charge >= 0.3 is 0 Å². The highest BCUT2D eigenvalue weighted by atomic mass is 32.1. The molecule has 0 atom stereocenters. The van der Waals surface area contributed by atoms with Crippen LogP contribution in [0.25, 0.3) is 128 Å². The van der Waals surface area contributed by atoms with Crippen LogP contribution in [-0.2, 0) is 43.3 Å². The van der Waals surface area contributed by atoms with E-state index in [0.717, 1.165) is 27.6 Å². The number of hydrogen-bond donors (Lipinski definition) is 2. The molecule has 504 valence electrons. The summed E-state index contributed by atoms with van der Waals surface area (Å²) in [6, 6.07) is 57.1.